The van der Waals surface area contributed by atoms with Gasteiger partial charge in [-0.25, -0.2) is 4.98 Å². The van der Waals surface area contributed by atoms with E-state index in [9.17, 15) is 0 Å². The van der Waals surface area contributed by atoms with Crippen LogP contribution in [-0.4, -0.2) is 24.7 Å². The van der Waals surface area contributed by atoms with Crippen LogP contribution in [0.3, 0.4) is 0 Å². The largest absolute Gasteiger partial charge is 0.380 e. The van der Waals surface area contributed by atoms with E-state index in [0.29, 0.717) is 0 Å². The van der Waals surface area contributed by atoms with E-state index in [4.69, 9.17) is 4.74 Å². The lowest BCUT2D eigenvalue weighted by molar-refractivity contribution is 0.136. The highest BCUT2D eigenvalue weighted by atomic mass is 32.1. The Morgan fingerprint density at radius 1 is 1.50 bits per heavy atom. The minimum atomic E-state index is 0.789. The van der Waals surface area contributed by atoms with E-state index in [1.54, 1.807) is 11.3 Å². The summed E-state index contributed by atoms with van der Waals surface area (Å²) in [4.78, 5) is 4.36. The Morgan fingerprint density at radius 3 is 3.00 bits per heavy atom. The highest BCUT2D eigenvalue weighted by molar-refractivity contribution is 7.09. The van der Waals surface area contributed by atoms with Crippen LogP contribution in [0.25, 0.3) is 0 Å². The van der Waals surface area contributed by atoms with Gasteiger partial charge in [0.2, 0.25) is 0 Å². The zero-order valence-electron chi connectivity index (χ0n) is 8.88. The van der Waals surface area contributed by atoms with E-state index in [2.05, 4.69) is 22.6 Å². The van der Waals surface area contributed by atoms with E-state index >= 15 is 0 Å². The molecule has 0 aliphatic rings. The van der Waals surface area contributed by atoms with Gasteiger partial charge < -0.3 is 10.1 Å². The molecular formula is C10H18N2OS. The van der Waals surface area contributed by atoms with Crippen LogP contribution >= 0.6 is 11.3 Å². The van der Waals surface area contributed by atoms with Gasteiger partial charge in [0.1, 0.15) is 0 Å². The Labute approximate surface area is 89.5 Å². The second-order valence-corrected chi connectivity index (χ2v) is 4.21. The van der Waals surface area contributed by atoms with Crippen molar-refractivity contribution in [1.82, 2.24) is 10.3 Å². The monoisotopic (exact) mass is 214 g/mol. The molecule has 0 atom stereocenters. The van der Waals surface area contributed by atoms with Crippen LogP contribution in [-0.2, 0) is 11.3 Å². The van der Waals surface area contributed by atoms with Crippen molar-refractivity contribution >= 4 is 11.3 Å². The lowest BCUT2D eigenvalue weighted by Gasteiger charge is -2.03. The lowest BCUT2D eigenvalue weighted by atomic mass is 10.5. The average molecular weight is 214 g/mol. The number of rotatable bonds is 7. The molecule has 1 aromatic heterocycles. The maximum atomic E-state index is 5.35. The summed E-state index contributed by atoms with van der Waals surface area (Å²) < 4.78 is 5.35. The van der Waals surface area contributed by atoms with Crippen molar-refractivity contribution in [1.29, 1.82) is 0 Å². The molecule has 0 fully saturated rings. The number of hydrogen-bond acceptors (Lipinski definition) is 4. The van der Waals surface area contributed by atoms with Gasteiger partial charge in [0.25, 0.3) is 0 Å². The van der Waals surface area contributed by atoms with Gasteiger partial charge in [0, 0.05) is 25.1 Å². The molecule has 0 radical (unpaired) electrons. The predicted molar refractivity (Wildman–Crippen MR) is 59.7 cm³/mol. The lowest BCUT2D eigenvalue weighted by Crippen LogP contribution is -2.19. The van der Waals surface area contributed by atoms with Gasteiger partial charge in [0.15, 0.2) is 0 Å². The van der Waals surface area contributed by atoms with Crippen molar-refractivity contribution in [2.24, 2.45) is 0 Å². The molecule has 0 aromatic carbocycles. The van der Waals surface area contributed by atoms with Crippen LogP contribution in [0.4, 0.5) is 0 Å². The second-order valence-electron chi connectivity index (χ2n) is 3.15. The number of thiazole rings is 1. The van der Waals surface area contributed by atoms with Gasteiger partial charge >= 0.3 is 0 Å². The summed E-state index contributed by atoms with van der Waals surface area (Å²) >= 11 is 1.69. The molecule has 1 rings (SSSR count). The topological polar surface area (TPSA) is 34.1 Å². The third-order valence-electron chi connectivity index (χ3n) is 1.74. The Hall–Kier alpha value is -0.450. The van der Waals surface area contributed by atoms with Crippen molar-refractivity contribution in [2.75, 3.05) is 19.8 Å². The SMILES string of the molecule is CCCOCCNCc1csc(C)n1. The molecule has 0 bridgehead atoms. The zero-order valence-corrected chi connectivity index (χ0v) is 9.69. The van der Waals surface area contributed by atoms with Crippen LogP contribution in [0.5, 0.6) is 0 Å². The van der Waals surface area contributed by atoms with E-state index < -0.39 is 0 Å². The number of aromatic nitrogens is 1. The van der Waals surface area contributed by atoms with Gasteiger partial charge in [-0.05, 0) is 13.3 Å². The normalized spacial score (nSPS) is 10.7. The summed E-state index contributed by atoms with van der Waals surface area (Å²) in [6, 6.07) is 0. The molecule has 14 heavy (non-hydrogen) atoms. The molecule has 0 unspecified atom stereocenters. The number of nitrogens with zero attached hydrogens (tertiary/aromatic N) is 1. The first kappa shape index (κ1) is 11.6. The van der Waals surface area contributed by atoms with E-state index in [1.807, 2.05) is 6.92 Å². The molecule has 1 N–H and O–H groups in total. The third kappa shape index (κ3) is 4.69. The van der Waals surface area contributed by atoms with Gasteiger partial charge in [0.05, 0.1) is 17.3 Å². The quantitative estimate of drug-likeness (QED) is 0.705. The number of aryl methyl sites for hydroxylation is 1. The first-order valence-electron chi connectivity index (χ1n) is 5.02. The summed E-state index contributed by atoms with van der Waals surface area (Å²) in [5, 5.41) is 6.51. The fourth-order valence-electron chi connectivity index (χ4n) is 1.10. The molecule has 1 heterocycles. The van der Waals surface area contributed by atoms with Crippen molar-refractivity contribution < 1.29 is 4.74 Å². The maximum Gasteiger partial charge on any atom is 0.0897 e. The number of nitrogens with one attached hydrogen (secondary N) is 1. The summed E-state index contributed by atoms with van der Waals surface area (Å²) in [6.07, 6.45) is 1.09. The summed E-state index contributed by atoms with van der Waals surface area (Å²) in [5.41, 5.74) is 1.13. The van der Waals surface area contributed by atoms with E-state index in [1.165, 1.54) is 0 Å². The standard InChI is InChI=1S/C10H18N2OS/c1-3-5-13-6-4-11-7-10-8-14-9(2)12-10/h8,11H,3-7H2,1-2H3. The molecule has 0 saturated carbocycles. The first-order chi connectivity index (χ1) is 6.83. The highest BCUT2D eigenvalue weighted by Crippen LogP contribution is 2.06. The molecule has 0 saturated heterocycles. The van der Waals surface area contributed by atoms with Crippen molar-refractivity contribution in [3.8, 4) is 0 Å². The molecule has 0 aliphatic carbocycles. The Bertz CT molecular complexity index is 250. The second kappa shape index (κ2) is 6.92. The minimum Gasteiger partial charge on any atom is -0.380 e. The van der Waals surface area contributed by atoms with Crippen molar-refractivity contribution in [2.45, 2.75) is 26.8 Å². The molecule has 0 spiro atoms. The van der Waals surface area contributed by atoms with Crippen LogP contribution in [0.15, 0.2) is 5.38 Å². The fraction of sp³-hybridized carbons (Fsp3) is 0.700. The summed E-state index contributed by atoms with van der Waals surface area (Å²) in [5.74, 6) is 0. The minimum absolute atomic E-state index is 0.789. The van der Waals surface area contributed by atoms with Gasteiger partial charge in [-0.1, -0.05) is 6.92 Å². The fourth-order valence-corrected chi connectivity index (χ4v) is 1.71. The number of ether oxygens (including phenoxy) is 1. The molecule has 0 amide bonds. The molecule has 80 valence electrons. The van der Waals surface area contributed by atoms with Crippen molar-refractivity contribution in [3.63, 3.8) is 0 Å². The molecule has 4 heteroatoms. The maximum absolute atomic E-state index is 5.35. The smallest absolute Gasteiger partial charge is 0.0897 e. The number of hydrogen-bond donors (Lipinski definition) is 1. The first-order valence-corrected chi connectivity index (χ1v) is 5.90. The average Bonchev–Trinajstić information content (AvgIpc) is 2.58. The van der Waals surface area contributed by atoms with E-state index in [0.717, 1.165) is 43.4 Å². The Kier molecular flexibility index (Phi) is 5.75. The van der Waals surface area contributed by atoms with Gasteiger partial charge in [-0.3, -0.25) is 0 Å². The molecule has 0 aliphatic heterocycles. The predicted octanol–water partition coefficient (Wildman–Crippen LogP) is 1.97. The van der Waals surface area contributed by atoms with Gasteiger partial charge in [-0.15, -0.1) is 11.3 Å². The Morgan fingerprint density at radius 2 is 2.36 bits per heavy atom. The van der Waals surface area contributed by atoms with Crippen LogP contribution in [0.1, 0.15) is 24.0 Å². The van der Waals surface area contributed by atoms with E-state index in [-0.39, 0.29) is 0 Å². The molecule has 3 nitrogen and oxygen atoms in total. The molecular weight excluding hydrogens is 196 g/mol. The summed E-state index contributed by atoms with van der Waals surface area (Å²) in [7, 11) is 0. The Balaban J connectivity index is 1.99. The molecule has 1 aromatic rings. The van der Waals surface area contributed by atoms with Crippen LogP contribution in [0.2, 0.25) is 0 Å². The summed E-state index contributed by atoms with van der Waals surface area (Å²) in [6.45, 7) is 7.54. The third-order valence-corrected chi connectivity index (χ3v) is 2.57. The van der Waals surface area contributed by atoms with Crippen molar-refractivity contribution in [3.05, 3.63) is 16.1 Å². The zero-order chi connectivity index (χ0) is 10.2. The van der Waals surface area contributed by atoms with Crippen LogP contribution < -0.4 is 5.32 Å². The van der Waals surface area contributed by atoms with Crippen LogP contribution in [0, 0.1) is 6.92 Å². The highest BCUT2D eigenvalue weighted by Gasteiger charge is 1.96. The van der Waals surface area contributed by atoms with Gasteiger partial charge in [-0.2, -0.15) is 0 Å².